The van der Waals surface area contributed by atoms with Gasteiger partial charge in [-0.1, -0.05) is 41.3 Å². The van der Waals surface area contributed by atoms with E-state index in [0.29, 0.717) is 9.47 Å². The zero-order chi connectivity index (χ0) is 21.0. The number of aryl methyl sites for hydroxylation is 1. The summed E-state index contributed by atoms with van der Waals surface area (Å²) in [6, 6.07) is 12.3. The lowest BCUT2D eigenvalue weighted by atomic mass is 10.2. The van der Waals surface area contributed by atoms with E-state index in [9.17, 15) is 18.0 Å². The Morgan fingerprint density at radius 3 is 2.55 bits per heavy atom. The van der Waals surface area contributed by atoms with Crippen LogP contribution >= 0.6 is 23.1 Å². The smallest absolute Gasteiger partial charge is 0.330 e. The number of carbonyl (C=O) groups is 1. The molecule has 3 rings (SSSR count). The minimum atomic E-state index is -4.46. The van der Waals surface area contributed by atoms with Crippen LogP contribution in [0, 0.1) is 6.92 Å². The molecule has 152 valence electrons. The summed E-state index contributed by atoms with van der Waals surface area (Å²) in [5.41, 5.74) is 1.27. The lowest BCUT2D eigenvalue weighted by Crippen LogP contribution is -2.22. The molecule has 1 unspecified atom stereocenters. The zero-order valence-electron chi connectivity index (χ0n) is 15.4. The number of benzene rings is 2. The molecule has 1 atom stereocenters. The number of rotatable bonds is 6. The van der Waals surface area contributed by atoms with Crippen molar-refractivity contribution in [3.8, 4) is 0 Å². The average Bonchev–Trinajstić information content (AvgIpc) is 3.08. The maximum atomic E-state index is 12.8. The number of alkyl halides is 3. The molecular formula is C19H17F3N4OS2. The van der Waals surface area contributed by atoms with Gasteiger partial charge in [0.15, 0.2) is 4.34 Å². The Morgan fingerprint density at radius 1 is 1.10 bits per heavy atom. The molecule has 0 saturated carbocycles. The first-order valence-corrected chi connectivity index (χ1v) is 10.2. The second kappa shape index (κ2) is 8.83. The number of hydrogen-bond acceptors (Lipinski definition) is 6. The van der Waals surface area contributed by atoms with Gasteiger partial charge >= 0.3 is 6.18 Å². The zero-order valence-corrected chi connectivity index (χ0v) is 17.1. The van der Waals surface area contributed by atoms with Crippen molar-refractivity contribution in [3.63, 3.8) is 0 Å². The largest absolute Gasteiger partial charge is 0.416 e. The van der Waals surface area contributed by atoms with E-state index < -0.39 is 22.9 Å². The van der Waals surface area contributed by atoms with Crippen LogP contribution in [0.3, 0.4) is 0 Å². The van der Waals surface area contributed by atoms with Crippen LogP contribution in [0.25, 0.3) is 0 Å². The Labute approximate surface area is 173 Å². The number of anilines is 3. The second-order valence-corrected chi connectivity index (χ2v) is 8.76. The van der Waals surface area contributed by atoms with Crippen LogP contribution in [0.15, 0.2) is 52.9 Å². The van der Waals surface area contributed by atoms with E-state index in [-0.39, 0.29) is 5.69 Å². The number of thioether (sulfide) groups is 1. The fraction of sp³-hybridized carbons (Fsp3) is 0.211. The fourth-order valence-corrected chi connectivity index (χ4v) is 4.29. The van der Waals surface area contributed by atoms with E-state index in [1.54, 1.807) is 6.92 Å². The van der Waals surface area contributed by atoms with Crippen LogP contribution in [-0.2, 0) is 11.0 Å². The molecule has 0 fully saturated rings. The van der Waals surface area contributed by atoms with Crippen LogP contribution in [0.1, 0.15) is 18.1 Å². The van der Waals surface area contributed by atoms with Gasteiger partial charge in [0.05, 0.1) is 10.8 Å². The van der Waals surface area contributed by atoms with E-state index in [4.69, 9.17) is 0 Å². The summed E-state index contributed by atoms with van der Waals surface area (Å²) in [6.45, 7) is 3.64. The molecule has 1 amide bonds. The molecule has 0 aliphatic carbocycles. The van der Waals surface area contributed by atoms with Crippen LogP contribution in [0.4, 0.5) is 29.7 Å². The third kappa shape index (κ3) is 5.94. The topological polar surface area (TPSA) is 66.9 Å². The van der Waals surface area contributed by atoms with Gasteiger partial charge in [0.25, 0.3) is 0 Å². The summed E-state index contributed by atoms with van der Waals surface area (Å²) < 4.78 is 39.0. The lowest BCUT2D eigenvalue weighted by Gasteiger charge is -2.12. The molecule has 1 aromatic heterocycles. The number of nitrogens with zero attached hydrogens (tertiary/aromatic N) is 2. The Balaban J connectivity index is 1.59. The minimum absolute atomic E-state index is 0.0938. The summed E-state index contributed by atoms with van der Waals surface area (Å²) in [4.78, 5) is 12.3. The van der Waals surface area contributed by atoms with Gasteiger partial charge in [-0.05, 0) is 49.7 Å². The van der Waals surface area contributed by atoms with Gasteiger partial charge in [-0.25, -0.2) is 0 Å². The van der Waals surface area contributed by atoms with E-state index >= 15 is 0 Å². The minimum Gasteiger partial charge on any atom is -0.330 e. The van der Waals surface area contributed by atoms with Gasteiger partial charge in [0.2, 0.25) is 11.0 Å². The van der Waals surface area contributed by atoms with Crippen LogP contribution in [0.2, 0.25) is 0 Å². The first kappa shape index (κ1) is 21.1. The van der Waals surface area contributed by atoms with Gasteiger partial charge in [0, 0.05) is 11.4 Å². The Hall–Kier alpha value is -2.59. The summed E-state index contributed by atoms with van der Waals surface area (Å²) in [6.07, 6.45) is -4.46. The molecule has 0 saturated heterocycles. The van der Waals surface area contributed by atoms with Crippen molar-refractivity contribution in [2.45, 2.75) is 29.6 Å². The molecule has 3 aromatic rings. The summed E-state index contributed by atoms with van der Waals surface area (Å²) in [7, 11) is 0. The van der Waals surface area contributed by atoms with E-state index in [1.807, 2.05) is 31.2 Å². The maximum Gasteiger partial charge on any atom is 0.416 e. The quantitative estimate of drug-likeness (QED) is 0.481. The standard InChI is InChI=1S/C19H17F3N4OS2/c1-11-5-3-7-14(9-11)24-17-25-26-18(29-17)28-12(2)16(27)23-15-8-4-6-13(10-15)19(20,21)22/h3-10,12H,1-2H3,(H,23,27)(H,24,25). The van der Waals surface area contributed by atoms with Crippen LogP contribution < -0.4 is 10.6 Å². The number of carbonyl (C=O) groups excluding carboxylic acids is 1. The van der Waals surface area contributed by atoms with Crippen molar-refractivity contribution >= 4 is 45.5 Å². The number of aromatic nitrogens is 2. The van der Waals surface area contributed by atoms with Gasteiger partial charge < -0.3 is 10.6 Å². The number of amides is 1. The van der Waals surface area contributed by atoms with Crippen molar-refractivity contribution < 1.29 is 18.0 Å². The summed E-state index contributed by atoms with van der Waals surface area (Å²) in [5.74, 6) is -0.419. The highest BCUT2D eigenvalue weighted by Crippen LogP contribution is 2.32. The Bertz CT molecular complexity index is 1010. The first-order chi connectivity index (χ1) is 13.7. The van der Waals surface area contributed by atoms with Crippen molar-refractivity contribution in [1.29, 1.82) is 0 Å². The van der Waals surface area contributed by atoms with E-state index in [2.05, 4.69) is 20.8 Å². The summed E-state index contributed by atoms with van der Waals surface area (Å²) in [5, 5.41) is 13.8. The Morgan fingerprint density at radius 2 is 1.83 bits per heavy atom. The molecule has 29 heavy (non-hydrogen) atoms. The monoisotopic (exact) mass is 438 g/mol. The third-order valence-corrected chi connectivity index (χ3v) is 5.80. The predicted octanol–water partition coefficient (Wildman–Crippen LogP) is 5.73. The second-order valence-electron chi connectivity index (χ2n) is 6.20. The predicted molar refractivity (Wildman–Crippen MR) is 110 cm³/mol. The molecule has 5 nitrogen and oxygen atoms in total. The molecule has 0 aliphatic rings. The van der Waals surface area contributed by atoms with Gasteiger partial charge in [-0.2, -0.15) is 13.2 Å². The third-order valence-electron chi connectivity index (χ3n) is 3.78. The molecule has 2 aromatic carbocycles. The molecule has 0 spiro atoms. The molecule has 10 heteroatoms. The van der Waals surface area contributed by atoms with Gasteiger partial charge in [-0.15, -0.1) is 10.2 Å². The van der Waals surface area contributed by atoms with Crippen molar-refractivity contribution in [2.75, 3.05) is 10.6 Å². The lowest BCUT2D eigenvalue weighted by molar-refractivity contribution is -0.137. The number of hydrogen-bond donors (Lipinski definition) is 2. The van der Waals surface area contributed by atoms with E-state index in [0.717, 1.165) is 23.4 Å². The highest BCUT2D eigenvalue weighted by atomic mass is 32.2. The average molecular weight is 439 g/mol. The van der Waals surface area contributed by atoms with Crippen molar-refractivity contribution in [1.82, 2.24) is 10.2 Å². The molecule has 0 aliphatic heterocycles. The first-order valence-electron chi connectivity index (χ1n) is 8.53. The number of nitrogens with one attached hydrogen (secondary N) is 2. The van der Waals surface area contributed by atoms with Crippen LogP contribution in [0.5, 0.6) is 0 Å². The van der Waals surface area contributed by atoms with Gasteiger partial charge in [-0.3, -0.25) is 4.79 Å². The molecular weight excluding hydrogens is 421 g/mol. The maximum absolute atomic E-state index is 12.8. The summed E-state index contributed by atoms with van der Waals surface area (Å²) >= 11 is 2.48. The van der Waals surface area contributed by atoms with Crippen molar-refractivity contribution in [3.05, 3.63) is 59.7 Å². The highest BCUT2D eigenvalue weighted by Gasteiger charge is 2.30. The Kier molecular flexibility index (Phi) is 6.43. The fourth-order valence-electron chi connectivity index (χ4n) is 2.38. The van der Waals surface area contributed by atoms with Crippen molar-refractivity contribution in [2.24, 2.45) is 0 Å². The van der Waals surface area contributed by atoms with E-state index in [1.165, 1.54) is 35.2 Å². The molecule has 0 bridgehead atoms. The van der Waals surface area contributed by atoms with Gasteiger partial charge in [0.1, 0.15) is 0 Å². The molecule has 0 radical (unpaired) electrons. The normalized spacial score (nSPS) is 12.4. The highest BCUT2D eigenvalue weighted by molar-refractivity contribution is 8.02. The molecule has 1 heterocycles. The SMILES string of the molecule is Cc1cccc(Nc2nnc(SC(C)C(=O)Nc3cccc(C(F)(F)F)c3)s2)c1. The van der Waals surface area contributed by atoms with Crippen LogP contribution in [-0.4, -0.2) is 21.4 Å². The molecule has 2 N–H and O–H groups in total. The number of halogens is 3.